The molecule has 0 aliphatic carbocycles. The van der Waals surface area contributed by atoms with Crippen LogP contribution in [-0.2, 0) is 0 Å². The van der Waals surface area contributed by atoms with E-state index in [1.165, 1.54) is 36.7 Å². The van der Waals surface area contributed by atoms with E-state index in [4.69, 9.17) is 0 Å². The normalized spacial score (nSPS) is 10.0. The average molecular weight is 216 g/mol. The number of ketones is 1. The third-order valence-corrected chi connectivity index (χ3v) is 2.13. The van der Waals surface area contributed by atoms with Crippen LogP contribution in [0, 0.1) is 0 Å². The van der Waals surface area contributed by atoms with Gasteiger partial charge in [-0.2, -0.15) is 0 Å². The molecule has 80 valence electrons. The third kappa shape index (κ3) is 1.70. The zero-order chi connectivity index (χ0) is 11.5. The summed E-state index contributed by atoms with van der Waals surface area (Å²) < 4.78 is 0. The zero-order valence-corrected chi connectivity index (χ0v) is 8.19. The minimum absolute atomic E-state index is 0.0424. The van der Waals surface area contributed by atoms with Gasteiger partial charge in [-0.25, -0.2) is 0 Å². The second-order valence-electron chi connectivity index (χ2n) is 3.15. The van der Waals surface area contributed by atoms with Gasteiger partial charge >= 0.3 is 0 Å². The standard InChI is InChI=1S/C11H8N2O3/c14-9(7-3-1-5-12-10(7)15)8-4-2-6-13-11(8)16/h1-6H,(H,12,15)(H,13,16). The van der Waals surface area contributed by atoms with E-state index < -0.39 is 16.9 Å². The molecule has 0 aliphatic rings. The molecule has 2 heterocycles. The lowest BCUT2D eigenvalue weighted by molar-refractivity contribution is 0.103. The van der Waals surface area contributed by atoms with Gasteiger partial charge in [-0.05, 0) is 24.3 Å². The first kappa shape index (κ1) is 10.1. The van der Waals surface area contributed by atoms with Gasteiger partial charge in [0, 0.05) is 12.4 Å². The van der Waals surface area contributed by atoms with E-state index in [0.29, 0.717) is 0 Å². The molecule has 0 spiro atoms. The van der Waals surface area contributed by atoms with Crippen molar-refractivity contribution in [3.63, 3.8) is 0 Å². The summed E-state index contributed by atoms with van der Waals surface area (Å²) in [5.41, 5.74) is -1.09. The van der Waals surface area contributed by atoms with E-state index in [-0.39, 0.29) is 11.1 Å². The molecule has 0 radical (unpaired) electrons. The van der Waals surface area contributed by atoms with Crippen LogP contribution in [0.15, 0.2) is 46.2 Å². The van der Waals surface area contributed by atoms with Crippen molar-refractivity contribution in [2.45, 2.75) is 0 Å². The molecule has 0 unspecified atom stereocenters. The minimum Gasteiger partial charge on any atom is -0.328 e. The summed E-state index contributed by atoms with van der Waals surface area (Å²) >= 11 is 0. The molecule has 0 saturated carbocycles. The first-order valence-electron chi connectivity index (χ1n) is 4.60. The summed E-state index contributed by atoms with van der Waals surface area (Å²) in [5.74, 6) is -0.580. The third-order valence-electron chi connectivity index (χ3n) is 2.13. The minimum atomic E-state index is -0.580. The maximum atomic E-state index is 11.8. The Bertz CT molecular complexity index is 584. The quantitative estimate of drug-likeness (QED) is 0.708. The van der Waals surface area contributed by atoms with Gasteiger partial charge in [-0.3, -0.25) is 14.4 Å². The van der Waals surface area contributed by atoms with Crippen LogP contribution in [0.3, 0.4) is 0 Å². The highest BCUT2D eigenvalue weighted by Crippen LogP contribution is 1.99. The van der Waals surface area contributed by atoms with E-state index in [9.17, 15) is 14.4 Å². The van der Waals surface area contributed by atoms with Crippen LogP contribution in [-0.4, -0.2) is 15.8 Å². The van der Waals surface area contributed by atoms with Crippen LogP contribution >= 0.6 is 0 Å². The lowest BCUT2D eigenvalue weighted by Crippen LogP contribution is -2.23. The van der Waals surface area contributed by atoms with Gasteiger partial charge < -0.3 is 9.97 Å². The molecular weight excluding hydrogens is 208 g/mol. The highest BCUT2D eigenvalue weighted by atomic mass is 16.2. The number of H-pyrrole nitrogens is 2. The number of nitrogens with one attached hydrogen (secondary N) is 2. The number of hydrogen-bond donors (Lipinski definition) is 2. The smallest absolute Gasteiger partial charge is 0.259 e. The maximum Gasteiger partial charge on any atom is 0.259 e. The van der Waals surface area contributed by atoms with Gasteiger partial charge in [0.2, 0.25) is 5.78 Å². The Labute approximate surface area is 89.8 Å². The van der Waals surface area contributed by atoms with Crippen molar-refractivity contribution < 1.29 is 4.79 Å². The maximum absolute atomic E-state index is 11.8. The zero-order valence-electron chi connectivity index (χ0n) is 8.19. The molecule has 2 aromatic heterocycles. The Hall–Kier alpha value is -2.43. The fourth-order valence-corrected chi connectivity index (χ4v) is 1.35. The van der Waals surface area contributed by atoms with E-state index in [2.05, 4.69) is 9.97 Å². The number of carbonyl (C=O) groups is 1. The van der Waals surface area contributed by atoms with Crippen molar-refractivity contribution in [3.05, 3.63) is 68.5 Å². The monoisotopic (exact) mass is 216 g/mol. The van der Waals surface area contributed by atoms with Crippen molar-refractivity contribution >= 4 is 5.78 Å². The molecule has 0 amide bonds. The van der Waals surface area contributed by atoms with Crippen LogP contribution in [0.1, 0.15) is 15.9 Å². The summed E-state index contributed by atoms with van der Waals surface area (Å²) in [6.45, 7) is 0. The largest absolute Gasteiger partial charge is 0.328 e. The highest BCUT2D eigenvalue weighted by Gasteiger charge is 2.14. The Morgan fingerprint density at radius 2 is 1.31 bits per heavy atom. The van der Waals surface area contributed by atoms with Crippen LogP contribution in [0.4, 0.5) is 0 Å². The van der Waals surface area contributed by atoms with Gasteiger partial charge in [-0.1, -0.05) is 0 Å². The number of aromatic nitrogens is 2. The molecule has 0 bridgehead atoms. The first-order valence-corrected chi connectivity index (χ1v) is 4.60. The molecule has 2 aromatic rings. The first-order chi connectivity index (χ1) is 7.70. The number of carbonyl (C=O) groups excluding carboxylic acids is 1. The van der Waals surface area contributed by atoms with Crippen LogP contribution in [0.5, 0.6) is 0 Å². The lowest BCUT2D eigenvalue weighted by atomic mass is 10.1. The van der Waals surface area contributed by atoms with Crippen molar-refractivity contribution in [2.75, 3.05) is 0 Å². The Morgan fingerprint density at radius 1 is 0.875 bits per heavy atom. The average Bonchev–Trinajstić information content (AvgIpc) is 2.29. The van der Waals surface area contributed by atoms with E-state index in [0.717, 1.165) is 0 Å². The van der Waals surface area contributed by atoms with Gasteiger partial charge in [0.15, 0.2) is 0 Å². The van der Waals surface area contributed by atoms with Gasteiger partial charge in [-0.15, -0.1) is 0 Å². The molecule has 2 N–H and O–H groups in total. The second-order valence-corrected chi connectivity index (χ2v) is 3.15. The number of rotatable bonds is 2. The molecule has 16 heavy (non-hydrogen) atoms. The number of pyridine rings is 2. The summed E-state index contributed by atoms with van der Waals surface area (Å²) in [7, 11) is 0. The SMILES string of the molecule is O=C(c1ccc[nH]c1=O)c1ccc[nH]c1=O. The molecule has 0 aromatic carbocycles. The van der Waals surface area contributed by atoms with Gasteiger partial charge in [0.1, 0.15) is 0 Å². The van der Waals surface area contributed by atoms with Gasteiger partial charge in [0.25, 0.3) is 11.1 Å². The van der Waals surface area contributed by atoms with E-state index >= 15 is 0 Å². The molecule has 5 heteroatoms. The molecule has 0 aliphatic heterocycles. The lowest BCUT2D eigenvalue weighted by Gasteiger charge is -1.97. The number of aromatic amines is 2. The highest BCUT2D eigenvalue weighted by molar-refractivity contribution is 6.08. The van der Waals surface area contributed by atoms with Crippen LogP contribution < -0.4 is 11.1 Å². The molecule has 0 fully saturated rings. The second kappa shape index (κ2) is 3.98. The predicted octanol–water partition coefficient (Wildman–Crippen LogP) is 0.294. The number of hydrogen-bond acceptors (Lipinski definition) is 3. The Kier molecular flexibility index (Phi) is 2.51. The molecule has 5 nitrogen and oxygen atoms in total. The summed E-state index contributed by atoms with van der Waals surface area (Å²) in [6.07, 6.45) is 2.85. The summed E-state index contributed by atoms with van der Waals surface area (Å²) in [6, 6.07) is 5.83. The predicted molar refractivity (Wildman–Crippen MR) is 57.6 cm³/mol. The Balaban J connectivity index is 2.57. The topological polar surface area (TPSA) is 82.8 Å². The summed E-state index contributed by atoms with van der Waals surface area (Å²) in [4.78, 5) is 39.3. The van der Waals surface area contributed by atoms with Crippen molar-refractivity contribution in [1.29, 1.82) is 0 Å². The molecule has 2 rings (SSSR count). The van der Waals surface area contributed by atoms with Crippen molar-refractivity contribution in [3.8, 4) is 0 Å². The van der Waals surface area contributed by atoms with Crippen molar-refractivity contribution in [2.24, 2.45) is 0 Å². The Morgan fingerprint density at radius 3 is 1.69 bits per heavy atom. The van der Waals surface area contributed by atoms with Crippen molar-refractivity contribution in [1.82, 2.24) is 9.97 Å². The molecular formula is C11H8N2O3. The summed E-state index contributed by atoms with van der Waals surface area (Å²) in [5, 5.41) is 0. The fraction of sp³-hybridized carbons (Fsp3) is 0. The van der Waals surface area contributed by atoms with Crippen LogP contribution in [0.2, 0.25) is 0 Å². The van der Waals surface area contributed by atoms with E-state index in [1.807, 2.05) is 0 Å². The molecule has 0 saturated heterocycles. The van der Waals surface area contributed by atoms with Crippen LogP contribution in [0.25, 0.3) is 0 Å². The fourth-order valence-electron chi connectivity index (χ4n) is 1.35. The van der Waals surface area contributed by atoms with E-state index in [1.54, 1.807) is 0 Å². The van der Waals surface area contributed by atoms with Gasteiger partial charge in [0.05, 0.1) is 11.1 Å². The molecule has 0 atom stereocenters.